The molecule has 0 heterocycles. The molecule has 0 aliphatic carbocycles. The van der Waals surface area contributed by atoms with E-state index in [1.807, 2.05) is 25.1 Å². The summed E-state index contributed by atoms with van der Waals surface area (Å²) >= 11 is 0. The Morgan fingerprint density at radius 3 is 2.75 bits per heavy atom. The van der Waals surface area contributed by atoms with E-state index < -0.39 is 0 Å². The molecular weight excluding hydrogens is 202 g/mol. The number of carbonyl (C=O) groups excluding carboxylic acids is 1. The highest BCUT2D eigenvalue weighted by Gasteiger charge is 2.04. The fraction of sp³-hybridized carbons (Fsp3) is 0.462. The lowest BCUT2D eigenvalue weighted by Crippen LogP contribution is -2.20. The summed E-state index contributed by atoms with van der Waals surface area (Å²) in [5, 5.41) is 0. The van der Waals surface area contributed by atoms with Gasteiger partial charge in [-0.05, 0) is 37.1 Å². The number of anilines is 1. The predicted octanol–water partition coefficient (Wildman–Crippen LogP) is 2.28. The molecule has 0 radical (unpaired) electrons. The second-order valence-electron chi connectivity index (χ2n) is 3.93. The Balaban J connectivity index is 2.68. The molecule has 3 heteroatoms. The van der Waals surface area contributed by atoms with E-state index in [1.165, 1.54) is 5.69 Å². The number of hydrogen-bond donors (Lipinski definition) is 0. The molecule has 0 saturated heterocycles. The number of hydrogen-bond acceptors (Lipinski definition) is 3. The van der Waals surface area contributed by atoms with Crippen LogP contribution in [0.4, 0.5) is 5.69 Å². The van der Waals surface area contributed by atoms with Crippen LogP contribution in [0.1, 0.15) is 22.3 Å². The van der Waals surface area contributed by atoms with Gasteiger partial charge in [0.1, 0.15) is 6.29 Å². The number of benzene rings is 1. The third kappa shape index (κ3) is 3.35. The SMILES string of the molecule is COCCCN(C)c1ccc(C=O)cc1C. The van der Waals surface area contributed by atoms with Gasteiger partial charge in [0.05, 0.1) is 0 Å². The largest absolute Gasteiger partial charge is 0.385 e. The third-order valence-corrected chi connectivity index (χ3v) is 2.61. The van der Waals surface area contributed by atoms with Gasteiger partial charge < -0.3 is 9.64 Å². The van der Waals surface area contributed by atoms with Gasteiger partial charge in [-0.25, -0.2) is 0 Å². The summed E-state index contributed by atoms with van der Waals surface area (Å²) in [4.78, 5) is 12.8. The van der Waals surface area contributed by atoms with Crippen molar-refractivity contribution in [3.8, 4) is 0 Å². The van der Waals surface area contributed by atoms with Crippen molar-refractivity contribution in [3.05, 3.63) is 29.3 Å². The van der Waals surface area contributed by atoms with Crippen molar-refractivity contribution in [2.45, 2.75) is 13.3 Å². The normalized spacial score (nSPS) is 10.2. The van der Waals surface area contributed by atoms with Crippen LogP contribution in [0, 0.1) is 6.92 Å². The summed E-state index contributed by atoms with van der Waals surface area (Å²) < 4.78 is 5.02. The molecule has 1 aromatic carbocycles. The second kappa shape index (κ2) is 6.28. The molecule has 0 saturated carbocycles. The zero-order valence-corrected chi connectivity index (χ0v) is 10.2. The Morgan fingerprint density at radius 1 is 1.44 bits per heavy atom. The van der Waals surface area contributed by atoms with Crippen LogP contribution in [0.2, 0.25) is 0 Å². The highest BCUT2D eigenvalue weighted by Crippen LogP contribution is 2.19. The van der Waals surface area contributed by atoms with Gasteiger partial charge in [0, 0.05) is 38.6 Å². The van der Waals surface area contributed by atoms with Crippen molar-refractivity contribution in [2.75, 3.05) is 32.2 Å². The minimum Gasteiger partial charge on any atom is -0.385 e. The molecular formula is C13H19NO2. The first kappa shape index (κ1) is 12.7. The van der Waals surface area contributed by atoms with Crippen molar-refractivity contribution in [1.29, 1.82) is 0 Å². The van der Waals surface area contributed by atoms with Crippen LogP contribution < -0.4 is 4.90 Å². The molecule has 0 aliphatic heterocycles. The number of aryl methyl sites for hydroxylation is 1. The van der Waals surface area contributed by atoms with Crippen molar-refractivity contribution < 1.29 is 9.53 Å². The number of methoxy groups -OCH3 is 1. The summed E-state index contributed by atoms with van der Waals surface area (Å²) in [6.07, 6.45) is 1.88. The molecule has 3 nitrogen and oxygen atoms in total. The Kier molecular flexibility index (Phi) is 4.99. The average Bonchev–Trinajstić information content (AvgIpc) is 2.29. The van der Waals surface area contributed by atoms with Gasteiger partial charge in [-0.3, -0.25) is 4.79 Å². The Labute approximate surface area is 97.0 Å². The van der Waals surface area contributed by atoms with Crippen LogP contribution in [-0.4, -0.2) is 33.6 Å². The van der Waals surface area contributed by atoms with Crippen LogP contribution in [0.5, 0.6) is 0 Å². The van der Waals surface area contributed by atoms with E-state index in [0.29, 0.717) is 0 Å². The highest BCUT2D eigenvalue weighted by atomic mass is 16.5. The summed E-state index contributed by atoms with van der Waals surface area (Å²) in [6.45, 7) is 3.75. The fourth-order valence-corrected chi connectivity index (χ4v) is 1.75. The lowest BCUT2D eigenvalue weighted by molar-refractivity contribution is 0.112. The molecule has 16 heavy (non-hydrogen) atoms. The van der Waals surface area contributed by atoms with Crippen LogP contribution in [0.15, 0.2) is 18.2 Å². The topological polar surface area (TPSA) is 29.5 Å². The standard InChI is InChI=1S/C13H19NO2/c1-11-9-12(10-15)5-6-13(11)14(2)7-4-8-16-3/h5-6,9-10H,4,7-8H2,1-3H3. The summed E-state index contributed by atoms with van der Waals surface area (Å²) in [5.74, 6) is 0. The van der Waals surface area contributed by atoms with Crippen LogP contribution in [0.3, 0.4) is 0 Å². The minimum absolute atomic E-state index is 0.728. The molecule has 0 aliphatic rings. The Hall–Kier alpha value is -1.35. The highest BCUT2D eigenvalue weighted by molar-refractivity contribution is 5.76. The monoisotopic (exact) mass is 221 g/mol. The van der Waals surface area contributed by atoms with E-state index in [9.17, 15) is 4.79 Å². The molecule has 0 fully saturated rings. The van der Waals surface area contributed by atoms with Gasteiger partial charge in [0.15, 0.2) is 0 Å². The van der Waals surface area contributed by atoms with E-state index in [2.05, 4.69) is 11.9 Å². The molecule has 0 N–H and O–H groups in total. The molecule has 1 aromatic rings. The number of rotatable bonds is 6. The first-order chi connectivity index (χ1) is 7.69. The maximum atomic E-state index is 10.6. The molecule has 0 spiro atoms. The third-order valence-electron chi connectivity index (χ3n) is 2.61. The van der Waals surface area contributed by atoms with Crippen molar-refractivity contribution in [1.82, 2.24) is 0 Å². The van der Waals surface area contributed by atoms with Crippen LogP contribution in [-0.2, 0) is 4.74 Å². The summed E-state index contributed by atoms with van der Waals surface area (Å²) in [5.41, 5.74) is 3.03. The van der Waals surface area contributed by atoms with Crippen molar-refractivity contribution in [2.24, 2.45) is 0 Å². The maximum Gasteiger partial charge on any atom is 0.150 e. The van der Waals surface area contributed by atoms with Gasteiger partial charge >= 0.3 is 0 Å². The minimum atomic E-state index is 0.728. The van der Waals surface area contributed by atoms with E-state index in [0.717, 1.165) is 37.0 Å². The van der Waals surface area contributed by atoms with Crippen molar-refractivity contribution >= 4 is 12.0 Å². The molecule has 0 bridgehead atoms. The predicted molar refractivity (Wildman–Crippen MR) is 66.3 cm³/mol. The maximum absolute atomic E-state index is 10.6. The van der Waals surface area contributed by atoms with E-state index >= 15 is 0 Å². The van der Waals surface area contributed by atoms with E-state index in [4.69, 9.17) is 4.74 Å². The Morgan fingerprint density at radius 2 is 2.19 bits per heavy atom. The fourth-order valence-electron chi connectivity index (χ4n) is 1.75. The summed E-state index contributed by atoms with van der Waals surface area (Å²) in [6, 6.07) is 5.75. The van der Waals surface area contributed by atoms with E-state index in [1.54, 1.807) is 7.11 Å². The second-order valence-corrected chi connectivity index (χ2v) is 3.93. The summed E-state index contributed by atoms with van der Waals surface area (Å²) in [7, 11) is 3.77. The smallest absolute Gasteiger partial charge is 0.150 e. The van der Waals surface area contributed by atoms with Gasteiger partial charge in [-0.2, -0.15) is 0 Å². The van der Waals surface area contributed by atoms with Gasteiger partial charge in [0.25, 0.3) is 0 Å². The van der Waals surface area contributed by atoms with Crippen molar-refractivity contribution in [3.63, 3.8) is 0 Å². The van der Waals surface area contributed by atoms with E-state index in [-0.39, 0.29) is 0 Å². The van der Waals surface area contributed by atoms with Crippen LogP contribution >= 0.6 is 0 Å². The Bertz CT molecular complexity index is 350. The number of aldehydes is 1. The van der Waals surface area contributed by atoms with Gasteiger partial charge in [-0.1, -0.05) is 0 Å². The van der Waals surface area contributed by atoms with Gasteiger partial charge in [0.2, 0.25) is 0 Å². The quantitative estimate of drug-likeness (QED) is 0.545. The lowest BCUT2D eigenvalue weighted by Gasteiger charge is -2.21. The average molecular weight is 221 g/mol. The number of ether oxygens (including phenoxy) is 1. The lowest BCUT2D eigenvalue weighted by atomic mass is 10.1. The molecule has 88 valence electrons. The first-order valence-electron chi connectivity index (χ1n) is 5.45. The molecule has 0 atom stereocenters. The van der Waals surface area contributed by atoms with Gasteiger partial charge in [-0.15, -0.1) is 0 Å². The molecule has 0 amide bonds. The zero-order chi connectivity index (χ0) is 12.0. The number of nitrogens with zero attached hydrogens (tertiary/aromatic N) is 1. The first-order valence-corrected chi connectivity index (χ1v) is 5.45. The molecule has 0 unspecified atom stereocenters. The zero-order valence-electron chi connectivity index (χ0n) is 10.2. The number of carbonyl (C=O) groups is 1. The molecule has 0 aromatic heterocycles. The van der Waals surface area contributed by atoms with Crippen LogP contribution in [0.25, 0.3) is 0 Å². The molecule has 1 rings (SSSR count).